The Kier molecular flexibility index (Phi) is 6.18. The minimum absolute atomic E-state index is 0.122. The van der Waals surface area contributed by atoms with Crippen LogP contribution in [0.4, 0.5) is 4.39 Å². The summed E-state index contributed by atoms with van der Waals surface area (Å²) in [5, 5.41) is 0. The van der Waals surface area contributed by atoms with Gasteiger partial charge in [-0.05, 0) is 12.6 Å². The second-order valence-corrected chi connectivity index (χ2v) is 5.06. The molecule has 0 aliphatic heterocycles. The van der Waals surface area contributed by atoms with Crippen molar-refractivity contribution in [3.05, 3.63) is 29.6 Å². The van der Waals surface area contributed by atoms with E-state index in [1.165, 1.54) is 13.2 Å². The van der Waals surface area contributed by atoms with Crippen LogP contribution in [0.15, 0.2) is 18.2 Å². The Labute approximate surface area is 119 Å². The number of hydrogen-bond donors (Lipinski definition) is 1. The van der Waals surface area contributed by atoms with E-state index in [2.05, 4.69) is 4.90 Å². The van der Waals surface area contributed by atoms with Crippen molar-refractivity contribution >= 4 is 17.2 Å². The average molecular weight is 284 g/mol. The Morgan fingerprint density at radius 2 is 2.21 bits per heavy atom. The van der Waals surface area contributed by atoms with Crippen molar-refractivity contribution in [3.8, 4) is 5.75 Å². The highest BCUT2D eigenvalue weighted by molar-refractivity contribution is 7.80. The van der Waals surface area contributed by atoms with Gasteiger partial charge in [0.25, 0.3) is 0 Å². The van der Waals surface area contributed by atoms with E-state index in [4.69, 9.17) is 22.7 Å². The van der Waals surface area contributed by atoms with Crippen LogP contribution < -0.4 is 10.5 Å². The fourth-order valence-corrected chi connectivity index (χ4v) is 1.88. The Morgan fingerprint density at radius 1 is 1.53 bits per heavy atom. The van der Waals surface area contributed by atoms with Gasteiger partial charge in [-0.3, -0.25) is 4.90 Å². The van der Waals surface area contributed by atoms with Crippen molar-refractivity contribution in [3.63, 3.8) is 0 Å². The van der Waals surface area contributed by atoms with Crippen molar-refractivity contribution in [2.24, 2.45) is 11.7 Å². The van der Waals surface area contributed by atoms with Crippen molar-refractivity contribution < 1.29 is 9.13 Å². The summed E-state index contributed by atoms with van der Waals surface area (Å²) in [6, 6.07) is 4.92. The van der Waals surface area contributed by atoms with Gasteiger partial charge in [-0.15, -0.1) is 0 Å². The van der Waals surface area contributed by atoms with Crippen molar-refractivity contribution in [1.82, 2.24) is 4.90 Å². The van der Waals surface area contributed by atoms with Crippen molar-refractivity contribution in [1.29, 1.82) is 0 Å². The highest BCUT2D eigenvalue weighted by Crippen LogP contribution is 2.18. The van der Waals surface area contributed by atoms with Crippen LogP contribution >= 0.6 is 12.2 Å². The highest BCUT2D eigenvalue weighted by atomic mass is 32.1. The van der Waals surface area contributed by atoms with Gasteiger partial charge in [0, 0.05) is 30.6 Å². The fraction of sp³-hybridized carbons (Fsp3) is 0.500. The molecule has 0 amide bonds. The van der Waals surface area contributed by atoms with Gasteiger partial charge in [0.05, 0.1) is 12.1 Å². The average Bonchev–Trinajstić information content (AvgIpc) is 2.39. The molecule has 0 heterocycles. The van der Waals surface area contributed by atoms with E-state index in [1.54, 1.807) is 12.1 Å². The summed E-state index contributed by atoms with van der Waals surface area (Å²) in [5.41, 5.74) is 6.27. The second kappa shape index (κ2) is 7.40. The van der Waals surface area contributed by atoms with E-state index in [-0.39, 0.29) is 11.7 Å². The molecule has 3 nitrogen and oxygen atoms in total. The monoisotopic (exact) mass is 284 g/mol. The van der Waals surface area contributed by atoms with Crippen LogP contribution in [0.1, 0.15) is 19.4 Å². The molecule has 0 bridgehead atoms. The zero-order valence-electron chi connectivity index (χ0n) is 11.6. The first-order valence-corrected chi connectivity index (χ1v) is 6.72. The van der Waals surface area contributed by atoms with E-state index >= 15 is 0 Å². The number of methoxy groups -OCH3 is 1. The first-order valence-electron chi connectivity index (χ1n) is 6.32. The van der Waals surface area contributed by atoms with Gasteiger partial charge in [0.1, 0.15) is 11.6 Å². The molecule has 1 atom stereocenters. The molecule has 0 radical (unpaired) electrons. The topological polar surface area (TPSA) is 38.5 Å². The number of nitrogens with zero attached hydrogens (tertiary/aromatic N) is 1. The van der Waals surface area contributed by atoms with Crippen LogP contribution in [-0.4, -0.2) is 30.1 Å². The Bertz CT molecular complexity index is 439. The normalized spacial score (nSPS) is 12.5. The lowest BCUT2D eigenvalue weighted by Gasteiger charge is -2.24. The third-order valence-electron chi connectivity index (χ3n) is 3.12. The zero-order valence-corrected chi connectivity index (χ0v) is 12.5. The molecular formula is C14H21FN2OS. The number of thiocarbonyl (C=S) groups is 1. The van der Waals surface area contributed by atoms with Gasteiger partial charge in [0.15, 0.2) is 0 Å². The molecule has 2 N–H and O–H groups in total. The van der Waals surface area contributed by atoms with Crippen LogP contribution in [0, 0.1) is 11.7 Å². The van der Waals surface area contributed by atoms with E-state index in [0.29, 0.717) is 22.8 Å². The van der Waals surface area contributed by atoms with Gasteiger partial charge in [-0.1, -0.05) is 32.1 Å². The smallest absolute Gasteiger partial charge is 0.131 e. The molecule has 19 heavy (non-hydrogen) atoms. The van der Waals surface area contributed by atoms with Crippen LogP contribution in [0.3, 0.4) is 0 Å². The molecule has 0 spiro atoms. The van der Waals surface area contributed by atoms with Gasteiger partial charge >= 0.3 is 0 Å². The molecule has 5 heteroatoms. The highest BCUT2D eigenvalue weighted by Gasteiger charge is 2.13. The van der Waals surface area contributed by atoms with E-state index in [9.17, 15) is 4.39 Å². The minimum Gasteiger partial charge on any atom is -0.497 e. The van der Waals surface area contributed by atoms with Gasteiger partial charge in [-0.25, -0.2) is 4.39 Å². The van der Waals surface area contributed by atoms with Gasteiger partial charge in [-0.2, -0.15) is 0 Å². The quantitative estimate of drug-likeness (QED) is 0.781. The van der Waals surface area contributed by atoms with Crippen LogP contribution in [0.5, 0.6) is 5.75 Å². The molecule has 106 valence electrons. The van der Waals surface area contributed by atoms with E-state index in [0.717, 1.165) is 13.1 Å². The largest absolute Gasteiger partial charge is 0.497 e. The molecule has 0 saturated carbocycles. The predicted octanol–water partition coefficient (Wildman–Crippen LogP) is 2.58. The lowest BCUT2D eigenvalue weighted by molar-refractivity contribution is 0.260. The molecule has 0 fully saturated rings. The molecule has 0 aliphatic rings. The Hall–Kier alpha value is -1.20. The molecule has 0 saturated heterocycles. The second-order valence-electron chi connectivity index (χ2n) is 4.59. The zero-order chi connectivity index (χ0) is 14.4. The van der Waals surface area contributed by atoms with Crippen molar-refractivity contribution in [2.75, 3.05) is 20.2 Å². The molecule has 1 unspecified atom stereocenters. The summed E-state index contributed by atoms with van der Waals surface area (Å²) in [4.78, 5) is 2.61. The SMILES string of the molecule is CCN(Cc1ccc(OC)cc1F)CC(C)C(N)=S. The molecule has 1 aromatic carbocycles. The fourth-order valence-electron chi connectivity index (χ4n) is 1.81. The summed E-state index contributed by atoms with van der Waals surface area (Å²) in [6.45, 7) is 6.11. The number of hydrogen-bond acceptors (Lipinski definition) is 3. The van der Waals surface area contributed by atoms with E-state index in [1.807, 2.05) is 13.8 Å². The summed E-state index contributed by atoms with van der Waals surface area (Å²) >= 11 is 4.97. The molecular weight excluding hydrogens is 263 g/mol. The minimum atomic E-state index is -0.249. The number of nitrogens with two attached hydrogens (primary N) is 1. The first-order chi connectivity index (χ1) is 8.97. The predicted molar refractivity (Wildman–Crippen MR) is 79.9 cm³/mol. The maximum atomic E-state index is 13.9. The third kappa shape index (κ3) is 4.76. The third-order valence-corrected chi connectivity index (χ3v) is 3.52. The lowest BCUT2D eigenvalue weighted by Crippen LogP contribution is -2.33. The maximum Gasteiger partial charge on any atom is 0.131 e. The first kappa shape index (κ1) is 15.9. The van der Waals surface area contributed by atoms with Gasteiger partial charge < -0.3 is 10.5 Å². The lowest BCUT2D eigenvalue weighted by atomic mass is 10.1. The van der Waals surface area contributed by atoms with Crippen LogP contribution in [-0.2, 0) is 6.54 Å². The molecule has 1 aromatic rings. The summed E-state index contributed by atoms with van der Waals surface area (Å²) in [6.07, 6.45) is 0. The number of benzene rings is 1. The van der Waals surface area contributed by atoms with Gasteiger partial charge in [0.2, 0.25) is 0 Å². The van der Waals surface area contributed by atoms with Crippen molar-refractivity contribution in [2.45, 2.75) is 20.4 Å². The number of halogens is 1. The van der Waals surface area contributed by atoms with Crippen LogP contribution in [0.25, 0.3) is 0 Å². The number of rotatable bonds is 7. The standard InChI is InChI=1S/C14H21FN2OS/c1-4-17(8-10(2)14(16)19)9-11-5-6-12(18-3)7-13(11)15/h5-7,10H,4,8-9H2,1-3H3,(H2,16,19). The summed E-state index contributed by atoms with van der Waals surface area (Å²) < 4.78 is 18.9. The molecule has 1 rings (SSSR count). The summed E-state index contributed by atoms with van der Waals surface area (Å²) in [7, 11) is 1.52. The Morgan fingerprint density at radius 3 is 2.68 bits per heavy atom. The van der Waals surface area contributed by atoms with Crippen LogP contribution in [0.2, 0.25) is 0 Å². The summed E-state index contributed by atoms with van der Waals surface area (Å²) in [5.74, 6) is 0.401. The number of ether oxygens (including phenoxy) is 1. The molecule has 0 aromatic heterocycles. The molecule has 0 aliphatic carbocycles. The van der Waals surface area contributed by atoms with E-state index < -0.39 is 0 Å². The Balaban J connectivity index is 2.73. The maximum absolute atomic E-state index is 13.9.